The van der Waals surface area contributed by atoms with Crippen molar-refractivity contribution in [2.75, 3.05) is 18.6 Å². The Morgan fingerprint density at radius 3 is 2.46 bits per heavy atom. The zero-order valence-electron chi connectivity index (χ0n) is 20.7. The van der Waals surface area contributed by atoms with Gasteiger partial charge in [-0.05, 0) is 42.8 Å². The van der Waals surface area contributed by atoms with Crippen molar-refractivity contribution >= 4 is 35.5 Å². The quantitative estimate of drug-likeness (QED) is 0.317. The molecule has 0 aliphatic carbocycles. The lowest BCUT2D eigenvalue weighted by Crippen LogP contribution is -2.58. The second-order valence-electron chi connectivity index (χ2n) is 9.03. The van der Waals surface area contributed by atoms with Crippen LogP contribution < -0.4 is 16.4 Å². The zero-order chi connectivity index (χ0) is 26.0. The van der Waals surface area contributed by atoms with Gasteiger partial charge in [-0.1, -0.05) is 50.6 Å². The molecule has 1 aliphatic heterocycles. The van der Waals surface area contributed by atoms with E-state index in [1.807, 2.05) is 50.4 Å². The molecule has 3 amide bonds. The molecule has 9 nitrogen and oxygen atoms in total. The minimum absolute atomic E-state index is 0.0537. The average molecular weight is 507 g/mol. The molecule has 0 aromatic heterocycles. The lowest BCUT2D eigenvalue weighted by Gasteiger charge is -2.30. The van der Waals surface area contributed by atoms with E-state index in [4.69, 9.17) is 5.73 Å². The van der Waals surface area contributed by atoms with Crippen LogP contribution in [0.4, 0.5) is 0 Å². The van der Waals surface area contributed by atoms with Crippen molar-refractivity contribution in [1.82, 2.24) is 15.5 Å². The highest BCUT2D eigenvalue weighted by Gasteiger charge is 2.39. The minimum Gasteiger partial charge on any atom is -0.480 e. The predicted molar refractivity (Wildman–Crippen MR) is 137 cm³/mol. The van der Waals surface area contributed by atoms with Crippen molar-refractivity contribution in [2.24, 2.45) is 11.7 Å². The molecular formula is C25H38N4O5S. The summed E-state index contributed by atoms with van der Waals surface area (Å²) in [6, 6.07) is 5.90. The topological polar surface area (TPSA) is 142 Å². The number of thioether (sulfide) groups is 1. The van der Waals surface area contributed by atoms with E-state index in [1.54, 1.807) is 0 Å². The van der Waals surface area contributed by atoms with Crippen LogP contribution in [-0.2, 0) is 25.6 Å². The van der Waals surface area contributed by atoms with Gasteiger partial charge in [0.15, 0.2) is 0 Å². The van der Waals surface area contributed by atoms with E-state index < -0.39 is 42.0 Å². The molecule has 1 aliphatic rings. The number of amides is 3. The number of hydrogen-bond acceptors (Lipinski definition) is 6. The number of carboxylic acid groups (broad SMARTS) is 1. The summed E-state index contributed by atoms with van der Waals surface area (Å²) in [4.78, 5) is 52.5. The molecule has 0 radical (unpaired) electrons. The number of nitrogens with two attached hydrogens (primary N) is 1. The Morgan fingerprint density at radius 1 is 1.17 bits per heavy atom. The lowest BCUT2D eigenvalue weighted by molar-refractivity contribution is -0.145. The van der Waals surface area contributed by atoms with Crippen LogP contribution in [0, 0.1) is 5.92 Å². The van der Waals surface area contributed by atoms with Gasteiger partial charge in [0.05, 0.1) is 6.04 Å². The van der Waals surface area contributed by atoms with Crippen LogP contribution in [0.25, 0.3) is 0 Å². The van der Waals surface area contributed by atoms with Gasteiger partial charge in [0.1, 0.15) is 18.1 Å². The normalized spacial score (nSPS) is 18.9. The third kappa shape index (κ3) is 8.24. The lowest BCUT2D eigenvalue weighted by atomic mass is 9.98. The second kappa shape index (κ2) is 14.1. The summed E-state index contributed by atoms with van der Waals surface area (Å²) in [7, 11) is 0. The Bertz CT molecular complexity index is 869. The third-order valence-electron chi connectivity index (χ3n) is 6.52. The van der Waals surface area contributed by atoms with E-state index in [2.05, 4.69) is 10.6 Å². The van der Waals surface area contributed by atoms with E-state index in [0.29, 0.717) is 31.6 Å². The molecule has 0 saturated carbocycles. The van der Waals surface area contributed by atoms with Crippen LogP contribution in [-0.4, -0.2) is 76.4 Å². The van der Waals surface area contributed by atoms with Crippen molar-refractivity contribution in [1.29, 1.82) is 0 Å². The van der Waals surface area contributed by atoms with E-state index >= 15 is 0 Å². The van der Waals surface area contributed by atoms with Crippen LogP contribution in [0.15, 0.2) is 30.3 Å². The molecule has 5 unspecified atom stereocenters. The number of nitrogens with zero attached hydrogens (tertiary/aromatic N) is 1. The molecule has 1 aromatic carbocycles. The number of likely N-dealkylation sites (tertiary alicyclic amines) is 1. The first-order chi connectivity index (χ1) is 16.7. The van der Waals surface area contributed by atoms with Gasteiger partial charge in [0.25, 0.3) is 0 Å². The Balaban J connectivity index is 2.20. The molecule has 1 fully saturated rings. The molecule has 10 heteroatoms. The predicted octanol–water partition coefficient (Wildman–Crippen LogP) is 1.40. The summed E-state index contributed by atoms with van der Waals surface area (Å²) in [6.07, 6.45) is 4.20. The number of carbonyl (C=O) groups excluding carboxylic acids is 3. The number of benzene rings is 1. The standard InChI is InChI=1S/C25H38N4O5S/c1-4-16(2)21(26)23(31)28-19(15-17-9-6-5-7-10-17)24(32)29-13-8-11-20(29)22(30)27-18(25(33)34)12-14-35-3/h5-7,9-10,16,18-21H,4,8,11-15,26H2,1-3H3,(H,27,30)(H,28,31)(H,33,34). The fourth-order valence-electron chi connectivity index (χ4n) is 4.09. The Morgan fingerprint density at radius 2 is 1.86 bits per heavy atom. The summed E-state index contributed by atoms with van der Waals surface area (Å²) >= 11 is 1.50. The number of carbonyl (C=O) groups is 4. The van der Waals surface area contributed by atoms with Gasteiger partial charge in [-0.15, -0.1) is 0 Å². The van der Waals surface area contributed by atoms with Gasteiger partial charge in [-0.2, -0.15) is 11.8 Å². The van der Waals surface area contributed by atoms with Crippen molar-refractivity contribution < 1.29 is 24.3 Å². The average Bonchev–Trinajstić information content (AvgIpc) is 3.35. The van der Waals surface area contributed by atoms with E-state index in [-0.39, 0.29) is 18.2 Å². The van der Waals surface area contributed by atoms with Gasteiger partial charge in [0, 0.05) is 13.0 Å². The van der Waals surface area contributed by atoms with Crippen LogP contribution in [0.5, 0.6) is 0 Å². The molecule has 1 saturated heterocycles. The third-order valence-corrected chi connectivity index (χ3v) is 7.16. The summed E-state index contributed by atoms with van der Waals surface area (Å²) in [5.74, 6) is -1.82. The zero-order valence-corrected chi connectivity index (χ0v) is 21.6. The molecule has 5 atom stereocenters. The van der Waals surface area contributed by atoms with Crippen LogP contribution in [0.3, 0.4) is 0 Å². The van der Waals surface area contributed by atoms with Crippen molar-refractivity contribution in [3.05, 3.63) is 35.9 Å². The van der Waals surface area contributed by atoms with Gasteiger partial charge in [-0.3, -0.25) is 14.4 Å². The smallest absolute Gasteiger partial charge is 0.326 e. The summed E-state index contributed by atoms with van der Waals surface area (Å²) < 4.78 is 0. The van der Waals surface area contributed by atoms with Gasteiger partial charge in [-0.25, -0.2) is 4.79 Å². The molecule has 35 heavy (non-hydrogen) atoms. The molecule has 194 valence electrons. The van der Waals surface area contributed by atoms with E-state index in [1.165, 1.54) is 16.7 Å². The molecule has 5 N–H and O–H groups in total. The maximum atomic E-state index is 13.6. The first-order valence-electron chi connectivity index (χ1n) is 12.1. The van der Waals surface area contributed by atoms with Gasteiger partial charge >= 0.3 is 5.97 Å². The number of hydrogen-bond donors (Lipinski definition) is 4. The summed E-state index contributed by atoms with van der Waals surface area (Å²) in [6.45, 7) is 4.19. The summed E-state index contributed by atoms with van der Waals surface area (Å²) in [5, 5.41) is 14.9. The molecule has 2 rings (SSSR count). The van der Waals surface area contributed by atoms with Crippen molar-refractivity contribution in [3.63, 3.8) is 0 Å². The molecule has 1 heterocycles. The molecule has 1 aromatic rings. The van der Waals surface area contributed by atoms with E-state index in [9.17, 15) is 24.3 Å². The maximum absolute atomic E-state index is 13.6. The van der Waals surface area contributed by atoms with E-state index in [0.717, 1.165) is 12.0 Å². The van der Waals surface area contributed by atoms with Crippen molar-refractivity contribution in [2.45, 2.75) is 70.1 Å². The first kappa shape index (κ1) is 28.6. The number of aliphatic carboxylic acids is 1. The SMILES string of the molecule is CCC(C)C(N)C(=O)NC(Cc1ccccc1)C(=O)N1CCCC1C(=O)NC(CCSC)C(=O)O. The maximum Gasteiger partial charge on any atom is 0.326 e. The fraction of sp³-hybridized carbons (Fsp3) is 0.600. The number of carboxylic acids is 1. The van der Waals surface area contributed by atoms with Gasteiger partial charge in [0.2, 0.25) is 17.7 Å². The van der Waals surface area contributed by atoms with Crippen molar-refractivity contribution in [3.8, 4) is 0 Å². The highest BCUT2D eigenvalue weighted by atomic mass is 32.2. The minimum atomic E-state index is -1.10. The molecule has 0 bridgehead atoms. The molecular weight excluding hydrogens is 468 g/mol. The number of nitrogens with one attached hydrogen (secondary N) is 2. The van der Waals surface area contributed by atoms with Gasteiger partial charge < -0.3 is 26.4 Å². The van der Waals surface area contributed by atoms with Crippen LogP contribution >= 0.6 is 11.8 Å². The Hall–Kier alpha value is -2.59. The molecule has 0 spiro atoms. The highest BCUT2D eigenvalue weighted by molar-refractivity contribution is 7.98. The fourth-order valence-corrected chi connectivity index (χ4v) is 4.57. The summed E-state index contributed by atoms with van der Waals surface area (Å²) in [5.41, 5.74) is 6.97. The van der Waals surface area contributed by atoms with Crippen LogP contribution in [0.2, 0.25) is 0 Å². The Kier molecular flexibility index (Phi) is 11.5. The number of rotatable bonds is 13. The highest BCUT2D eigenvalue weighted by Crippen LogP contribution is 2.20. The van der Waals surface area contributed by atoms with Crippen LogP contribution in [0.1, 0.15) is 45.1 Å². The first-order valence-corrected chi connectivity index (χ1v) is 13.5. The second-order valence-corrected chi connectivity index (χ2v) is 10.0. The largest absolute Gasteiger partial charge is 0.480 e. The monoisotopic (exact) mass is 506 g/mol. The Labute approximate surface area is 211 Å².